The monoisotopic (exact) mass is 254 g/mol. The largest absolute Gasteiger partial charge is 0.378 e. The van der Waals surface area contributed by atoms with Crippen LogP contribution in [0.5, 0.6) is 0 Å². The molecule has 2 rings (SSSR count). The van der Waals surface area contributed by atoms with Crippen LogP contribution in [-0.4, -0.2) is 31.8 Å². The van der Waals surface area contributed by atoms with Gasteiger partial charge in [0.15, 0.2) is 0 Å². The van der Waals surface area contributed by atoms with Gasteiger partial charge in [-0.25, -0.2) is 4.79 Å². The first-order valence-corrected chi connectivity index (χ1v) is 7.30. The molecule has 1 aliphatic heterocycles. The third kappa shape index (κ3) is 4.16. The van der Waals surface area contributed by atoms with Crippen molar-refractivity contribution in [3.8, 4) is 0 Å². The predicted octanol–water partition coefficient (Wildman–Crippen LogP) is 2.15. The van der Waals surface area contributed by atoms with Crippen molar-refractivity contribution in [3.05, 3.63) is 0 Å². The smallest absolute Gasteiger partial charge is 0.314 e. The Morgan fingerprint density at radius 1 is 1.28 bits per heavy atom. The highest BCUT2D eigenvalue weighted by atomic mass is 16.5. The van der Waals surface area contributed by atoms with E-state index in [1.165, 1.54) is 12.8 Å². The summed E-state index contributed by atoms with van der Waals surface area (Å²) < 4.78 is 5.71. The molecule has 0 spiro atoms. The van der Waals surface area contributed by atoms with Gasteiger partial charge in [-0.15, -0.1) is 0 Å². The normalized spacial score (nSPS) is 27.5. The number of hydrogen-bond donors (Lipinski definition) is 2. The van der Waals surface area contributed by atoms with Crippen molar-refractivity contribution >= 4 is 6.03 Å². The highest BCUT2D eigenvalue weighted by molar-refractivity contribution is 5.73. The Balaban J connectivity index is 1.59. The second-order valence-electron chi connectivity index (χ2n) is 6.00. The maximum atomic E-state index is 11.6. The van der Waals surface area contributed by atoms with Crippen LogP contribution in [0.25, 0.3) is 0 Å². The van der Waals surface area contributed by atoms with Crippen LogP contribution in [0.2, 0.25) is 0 Å². The van der Waals surface area contributed by atoms with E-state index >= 15 is 0 Å². The van der Waals surface area contributed by atoms with Gasteiger partial charge in [0.2, 0.25) is 0 Å². The molecule has 0 aromatic carbocycles. The van der Waals surface area contributed by atoms with Crippen molar-refractivity contribution in [2.24, 2.45) is 17.8 Å². The predicted molar refractivity (Wildman–Crippen MR) is 71.4 cm³/mol. The molecule has 1 saturated heterocycles. The van der Waals surface area contributed by atoms with Gasteiger partial charge in [-0.1, -0.05) is 26.7 Å². The lowest BCUT2D eigenvalue weighted by atomic mass is 9.93. The summed E-state index contributed by atoms with van der Waals surface area (Å²) in [5.41, 5.74) is 0. The van der Waals surface area contributed by atoms with Crippen molar-refractivity contribution in [3.63, 3.8) is 0 Å². The van der Waals surface area contributed by atoms with E-state index in [1.54, 1.807) is 0 Å². The summed E-state index contributed by atoms with van der Waals surface area (Å²) in [5.74, 6) is 1.87. The fraction of sp³-hybridized carbons (Fsp3) is 0.929. The Labute approximate surface area is 110 Å². The van der Waals surface area contributed by atoms with E-state index in [1.807, 2.05) is 0 Å². The van der Waals surface area contributed by atoms with E-state index in [-0.39, 0.29) is 6.03 Å². The van der Waals surface area contributed by atoms with Crippen LogP contribution in [0.4, 0.5) is 4.79 Å². The van der Waals surface area contributed by atoms with E-state index in [2.05, 4.69) is 24.5 Å². The molecule has 1 aliphatic carbocycles. The van der Waals surface area contributed by atoms with Gasteiger partial charge in [-0.2, -0.15) is 0 Å². The van der Waals surface area contributed by atoms with Gasteiger partial charge in [-0.3, -0.25) is 0 Å². The average Bonchev–Trinajstić information content (AvgIpc) is 3.02. The molecule has 0 radical (unpaired) electrons. The number of carbonyl (C=O) groups is 1. The Kier molecular flexibility index (Phi) is 4.87. The Morgan fingerprint density at radius 3 is 2.72 bits per heavy atom. The standard InChI is InChI=1S/C14H26N2O2/c1-10(2)13-12(6-8-18-13)9-16-14(17)15-7-5-11-3-4-11/h10-13H,3-9H2,1-2H3,(H2,15,16,17)/t12-,13+/m0/s1. The second-order valence-corrected chi connectivity index (χ2v) is 6.00. The van der Waals surface area contributed by atoms with Crippen molar-refractivity contribution in [1.82, 2.24) is 10.6 Å². The molecule has 1 heterocycles. The molecule has 4 nitrogen and oxygen atoms in total. The highest BCUT2D eigenvalue weighted by Gasteiger charge is 2.30. The van der Waals surface area contributed by atoms with Gasteiger partial charge in [-0.05, 0) is 24.7 Å². The molecule has 2 N–H and O–H groups in total. The van der Waals surface area contributed by atoms with Gasteiger partial charge in [0, 0.05) is 25.6 Å². The zero-order chi connectivity index (χ0) is 13.0. The maximum absolute atomic E-state index is 11.6. The van der Waals surface area contributed by atoms with Gasteiger partial charge >= 0.3 is 6.03 Å². The molecule has 2 fully saturated rings. The molecule has 18 heavy (non-hydrogen) atoms. The van der Waals surface area contributed by atoms with Crippen molar-refractivity contribution < 1.29 is 9.53 Å². The van der Waals surface area contributed by atoms with Crippen molar-refractivity contribution in [2.45, 2.75) is 45.6 Å². The summed E-state index contributed by atoms with van der Waals surface area (Å²) in [5, 5.41) is 5.90. The first-order chi connectivity index (χ1) is 8.66. The third-order valence-electron chi connectivity index (χ3n) is 3.98. The van der Waals surface area contributed by atoms with Crippen LogP contribution in [0.3, 0.4) is 0 Å². The first-order valence-electron chi connectivity index (χ1n) is 7.30. The van der Waals surface area contributed by atoms with E-state index < -0.39 is 0 Å². The van der Waals surface area contributed by atoms with E-state index in [0.29, 0.717) is 17.9 Å². The molecule has 0 bridgehead atoms. The Hall–Kier alpha value is -0.770. The van der Waals surface area contributed by atoms with Gasteiger partial charge in [0.1, 0.15) is 0 Å². The number of amides is 2. The maximum Gasteiger partial charge on any atom is 0.314 e. The summed E-state index contributed by atoms with van der Waals surface area (Å²) >= 11 is 0. The number of carbonyl (C=O) groups excluding carboxylic acids is 1. The van der Waals surface area contributed by atoms with E-state index in [0.717, 1.165) is 38.5 Å². The molecular weight excluding hydrogens is 228 g/mol. The topological polar surface area (TPSA) is 50.4 Å². The number of urea groups is 1. The number of ether oxygens (including phenoxy) is 1. The average molecular weight is 254 g/mol. The summed E-state index contributed by atoms with van der Waals surface area (Å²) in [4.78, 5) is 11.6. The summed E-state index contributed by atoms with van der Waals surface area (Å²) in [6, 6.07) is -0.0231. The van der Waals surface area contributed by atoms with Crippen molar-refractivity contribution in [2.75, 3.05) is 19.7 Å². The van der Waals surface area contributed by atoms with Gasteiger partial charge in [0.05, 0.1) is 6.10 Å². The lowest BCUT2D eigenvalue weighted by Gasteiger charge is -2.22. The third-order valence-corrected chi connectivity index (χ3v) is 3.98. The second kappa shape index (κ2) is 6.41. The lowest BCUT2D eigenvalue weighted by molar-refractivity contribution is 0.0545. The summed E-state index contributed by atoms with van der Waals surface area (Å²) in [7, 11) is 0. The molecular formula is C14H26N2O2. The minimum absolute atomic E-state index is 0.0231. The summed E-state index contributed by atoms with van der Waals surface area (Å²) in [6.45, 7) is 6.74. The minimum Gasteiger partial charge on any atom is -0.378 e. The number of rotatable bonds is 6. The molecule has 1 saturated carbocycles. The molecule has 104 valence electrons. The highest BCUT2D eigenvalue weighted by Crippen LogP contribution is 2.31. The molecule has 0 aromatic heterocycles. The fourth-order valence-corrected chi connectivity index (χ4v) is 2.69. The molecule has 0 aromatic rings. The molecule has 0 unspecified atom stereocenters. The molecule has 2 atom stereocenters. The Morgan fingerprint density at radius 2 is 2.06 bits per heavy atom. The first kappa shape index (κ1) is 13.7. The molecule has 4 heteroatoms. The molecule has 2 aliphatic rings. The van der Waals surface area contributed by atoms with Gasteiger partial charge < -0.3 is 15.4 Å². The number of nitrogens with one attached hydrogen (secondary N) is 2. The van der Waals surface area contributed by atoms with Crippen LogP contribution in [0.15, 0.2) is 0 Å². The Bertz CT molecular complexity index is 277. The van der Waals surface area contributed by atoms with Crippen molar-refractivity contribution in [1.29, 1.82) is 0 Å². The van der Waals surface area contributed by atoms with Crippen LogP contribution >= 0.6 is 0 Å². The van der Waals surface area contributed by atoms with Crippen LogP contribution in [0.1, 0.15) is 39.5 Å². The van der Waals surface area contributed by atoms with Crippen LogP contribution < -0.4 is 10.6 Å². The molecule has 2 amide bonds. The lowest BCUT2D eigenvalue weighted by Crippen LogP contribution is -2.41. The van der Waals surface area contributed by atoms with Crippen LogP contribution in [-0.2, 0) is 4.74 Å². The van der Waals surface area contributed by atoms with Crippen LogP contribution in [0, 0.1) is 17.8 Å². The zero-order valence-electron chi connectivity index (χ0n) is 11.6. The number of hydrogen-bond acceptors (Lipinski definition) is 2. The van der Waals surface area contributed by atoms with E-state index in [9.17, 15) is 4.79 Å². The zero-order valence-corrected chi connectivity index (χ0v) is 11.6. The van der Waals surface area contributed by atoms with Gasteiger partial charge in [0.25, 0.3) is 0 Å². The SMILES string of the molecule is CC(C)[C@H]1OCC[C@H]1CNC(=O)NCCC1CC1. The fourth-order valence-electron chi connectivity index (χ4n) is 2.69. The minimum atomic E-state index is -0.0231. The van der Waals surface area contributed by atoms with E-state index in [4.69, 9.17) is 4.74 Å². The quantitative estimate of drug-likeness (QED) is 0.763. The summed E-state index contributed by atoms with van der Waals surface area (Å²) in [6.07, 6.45) is 5.19.